The van der Waals surface area contributed by atoms with Gasteiger partial charge in [0, 0.05) is 37.3 Å². The molecule has 3 rings (SSSR count). The largest absolute Gasteiger partial charge is 0.379 e. The number of morpholine rings is 1. The molecule has 28 heavy (non-hydrogen) atoms. The summed E-state index contributed by atoms with van der Waals surface area (Å²) in [5, 5.41) is 0.634. The molecule has 1 heterocycles. The van der Waals surface area contributed by atoms with Crippen LogP contribution in [0, 0.1) is 6.92 Å². The van der Waals surface area contributed by atoms with Crippen molar-refractivity contribution in [3.63, 3.8) is 0 Å². The Morgan fingerprint density at radius 3 is 2.43 bits per heavy atom. The summed E-state index contributed by atoms with van der Waals surface area (Å²) in [5.41, 5.74) is 2.05. The molecule has 2 aromatic carbocycles. The standard InChI is InChI=1S/C20H23ClN2O4S/c1-15-3-8-18(28(25,26)23-9-11-27-12-10-23)13-19(15)20(24)22(2)14-16-4-6-17(21)7-5-16/h3-8,13H,9-12,14H2,1-2H3. The molecule has 1 saturated heterocycles. The summed E-state index contributed by atoms with van der Waals surface area (Å²) in [5.74, 6) is -0.230. The predicted octanol–water partition coefficient (Wildman–Crippen LogP) is 2.94. The predicted molar refractivity (Wildman–Crippen MR) is 108 cm³/mol. The molecule has 150 valence electrons. The number of aryl methyl sites for hydroxylation is 1. The number of hydrogen-bond acceptors (Lipinski definition) is 4. The number of carbonyl (C=O) groups is 1. The molecule has 6 nitrogen and oxygen atoms in total. The molecular formula is C20H23ClN2O4S. The third-order valence-electron chi connectivity index (χ3n) is 4.73. The number of ether oxygens (including phenoxy) is 1. The quantitative estimate of drug-likeness (QED) is 0.743. The van der Waals surface area contributed by atoms with Crippen molar-refractivity contribution in [3.05, 3.63) is 64.2 Å². The molecule has 1 aliphatic heterocycles. The summed E-state index contributed by atoms with van der Waals surface area (Å²) >= 11 is 5.90. The van der Waals surface area contributed by atoms with Crippen molar-refractivity contribution in [3.8, 4) is 0 Å². The fourth-order valence-corrected chi connectivity index (χ4v) is 4.63. The van der Waals surface area contributed by atoms with Crippen LogP contribution >= 0.6 is 11.6 Å². The van der Waals surface area contributed by atoms with Gasteiger partial charge in [-0.1, -0.05) is 29.8 Å². The smallest absolute Gasteiger partial charge is 0.254 e. The van der Waals surface area contributed by atoms with Crippen molar-refractivity contribution in [1.29, 1.82) is 0 Å². The Morgan fingerprint density at radius 2 is 1.79 bits per heavy atom. The molecule has 1 amide bonds. The zero-order valence-electron chi connectivity index (χ0n) is 15.9. The minimum Gasteiger partial charge on any atom is -0.379 e. The van der Waals surface area contributed by atoms with E-state index in [1.165, 1.54) is 10.4 Å². The molecule has 0 N–H and O–H groups in total. The van der Waals surface area contributed by atoms with E-state index in [0.717, 1.165) is 11.1 Å². The number of carbonyl (C=O) groups excluding carboxylic acids is 1. The summed E-state index contributed by atoms with van der Waals surface area (Å²) in [6.45, 7) is 3.58. The number of rotatable bonds is 5. The lowest BCUT2D eigenvalue weighted by molar-refractivity contribution is 0.0730. The number of nitrogens with zero attached hydrogens (tertiary/aromatic N) is 2. The average molecular weight is 423 g/mol. The van der Waals surface area contributed by atoms with E-state index < -0.39 is 10.0 Å². The lowest BCUT2D eigenvalue weighted by Crippen LogP contribution is -2.40. The molecule has 0 radical (unpaired) electrons. The van der Waals surface area contributed by atoms with E-state index in [1.54, 1.807) is 43.1 Å². The number of sulfonamides is 1. The topological polar surface area (TPSA) is 66.9 Å². The molecular weight excluding hydrogens is 400 g/mol. The molecule has 0 atom stereocenters. The summed E-state index contributed by atoms with van der Waals surface area (Å²) < 4.78 is 32.4. The van der Waals surface area contributed by atoms with Gasteiger partial charge in [-0.25, -0.2) is 8.42 Å². The second-order valence-electron chi connectivity index (χ2n) is 6.78. The maximum absolute atomic E-state index is 13.0. The maximum Gasteiger partial charge on any atom is 0.254 e. The molecule has 0 saturated carbocycles. The first kappa shape index (κ1) is 20.8. The zero-order chi connectivity index (χ0) is 20.3. The fourth-order valence-electron chi connectivity index (χ4n) is 3.07. The monoisotopic (exact) mass is 422 g/mol. The number of benzene rings is 2. The molecule has 1 aliphatic rings. The van der Waals surface area contributed by atoms with Crippen LogP contribution in [0.1, 0.15) is 21.5 Å². The van der Waals surface area contributed by atoms with Gasteiger partial charge in [0.2, 0.25) is 10.0 Å². The van der Waals surface area contributed by atoms with Crippen LogP contribution in [0.5, 0.6) is 0 Å². The van der Waals surface area contributed by atoms with E-state index in [1.807, 2.05) is 12.1 Å². The summed E-state index contributed by atoms with van der Waals surface area (Å²) in [4.78, 5) is 14.7. The van der Waals surface area contributed by atoms with Crippen molar-refractivity contribution >= 4 is 27.5 Å². The number of halogens is 1. The molecule has 2 aromatic rings. The van der Waals surface area contributed by atoms with Crippen molar-refractivity contribution in [1.82, 2.24) is 9.21 Å². The van der Waals surface area contributed by atoms with E-state index in [0.29, 0.717) is 43.4 Å². The van der Waals surface area contributed by atoms with E-state index in [4.69, 9.17) is 16.3 Å². The Balaban J connectivity index is 1.84. The van der Waals surface area contributed by atoms with Crippen LogP contribution in [0.15, 0.2) is 47.4 Å². The SMILES string of the molecule is Cc1ccc(S(=O)(=O)N2CCOCC2)cc1C(=O)N(C)Cc1ccc(Cl)cc1. The summed E-state index contributed by atoms with van der Waals surface area (Å²) in [6.07, 6.45) is 0. The Hall–Kier alpha value is -1.93. The van der Waals surface area contributed by atoms with Crippen LogP contribution in [0.3, 0.4) is 0 Å². The normalized spacial score (nSPS) is 15.4. The third kappa shape index (κ3) is 4.55. The highest BCUT2D eigenvalue weighted by atomic mass is 35.5. The highest BCUT2D eigenvalue weighted by molar-refractivity contribution is 7.89. The van der Waals surface area contributed by atoms with Gasteiger partial charge < -0.3 is 9.64 Å². The van der Waals surface area contributed by atoms with E-state index >= 15 is 0 Å². The molecule has 0 aromatic heterocycles. The summed E-state index contributed by atoms with van der Waals surface area (Å²) in [6, 6.07) is 12.0. The van der Waals surface area contributed by atoms with Crippen molar-refractivity contribution < 1.29 is 17.9 Å². The van der Waals surface area contributed by atoms with Gasteiger partial charge in [-0.2, -0.15) is 4.31 Å². The maximum atomic E-state index is 13.0. The number of hydrogen-bond donors (Lipinski definition) is 0. The fraction of sp³-hybridized carbons (Fsp3) is 0.350. The Morgan fingerprint density at radius 1 is 1.14 bits per heavy atom. The molecule has 0 spiro atoms. The van der Waals surface area contributed by atoms with Gasteiger partial charge in [0.1, 0.15) is 0 Å². The van der Waals surface area contributed by atoms with Crippen LogP contribution in [0.2, 0.25) is 5.02 Å². The lowest BCUT2D eigenvalue weighted by atomic mass is 10.1. The lowest BCUT2D eigenvalue weighted by Gasteiger charge is -2.26. The van der Waals surface area contributed by atoms with Crippen molar-refractivity contribution in [2.75, 3.05) is 33.4 Å². The van der Waals surface area contributed by atoms with Crippen LogP contribution in [0.4, 0.5) is 0 Å². The van der Waals surface area contributed by atoms with Gasteiger partial charge in [-0.05, 0) is 42.3 Å². The molecule has 0 unspecified atom stereocenters. The van der Waals surface area contributed by atoms with Crippen molar-refractivity contribution in [2.24, 2.45) is 0 Å². The van der Waals surface area contributed by atoms with Gasteiger partial charge in [-0.3, -0.25) is 4.79 Å². The highest BCUT2D eigenvalue weighted by Crippen LogP contribution is 2.22. The van der Waals surface area contributed by atoms with Crippen LogP contribution in [0.25, 0.3) is 0 Å². The Bertz CT molecular complexity index is 955. The average Bonchev–Trinajstić information content (AvgIpc) is 2.70. The van der Waals surface area contributed by atoms with Gasteiger partial charge >= 0.3 is 0 Å². The third-order valence-corrected chi connectivity index (χ3v) is 6.87. The second-order valence-corrected chi connectivity index (χ2v) is 9.16. The Labute approximate surface area is 170 Å². The van der Waals surface area contributed by atoms with Gasteiger partial charge in [0.05, 0.1) is 18.1 Å². The molecule has 8 heteroatoms. The van der Waals surface area contributed by atoms with Crippen LogP contribution in [-0.2, 0) is 21.3 Å². The molecule has 1 fully saturated rings. The number of amides is 1. The minimum absolute atomic E-state index is 0.128. The zero-order valence-corrected chi connectivity index (χ0v) is 17.5. The van der Waals surface area contributed by atoms with E-state index in [9.17, 15) is 13.2 Å². The van der Waals surface area contributed by atoms with Crippen molar-refractivity contribution in [2.45, 2.75) is 18.4 Å². The van der Waals surface area contributed by atoms with Crippen LogP contribution in [-0.4, -0.2) is 56.9 Å². The van der Waals surface area contributed by atoms with Crippen LogP contribution < -0.4 is 0 Å². The highest BCUT2D eigenvalue weighted by Gasteiger charge is 2.27. The van der Waals surface area contributed by atoms with E-state index in [-0.39, 0.29) is 10.8 Å². The van der Waals surface area contributed by atoms with Gasteiger partial charge in [-0.15, -0.1) is 0 Å². The molecule has 0 aliphatic carbocycles. The van der Waals surface area contributed by atoms with E-state index in [2.05, 4.69) is 0 Å². The summed E-state index contributed by atoms with van der Waals surface area (Å²) in [7, 11) is -1.96. The van der Waals surface area contributed by atoms with Gasteiger partial charge in [0.15, 0.2) is 0 Å². The first-order chi connectivity index (χ1) is 13.3. The van der Waals surface area contributed by atoms with Gasteiger partial charge in [0.25, 0.3) is 5.91 Å². The Kier molecular flexibility index (Phi) is 6.40. The first-order valence-corrected chi connectivity index (χ1v) is 10.8. The first-order valence-electron chi connectivity index (χ1n) is 8.97. The minimum atomic E-state index is -3.66. The molecule has 0 bridgehead atoms. The second kappa shape index (κ2) is 8.61.